The number of nitrogens with one attached hydrogen (secondary N) is 3. The van der Waals surface area contributed by atoms with Gasteiger partial charge in [-0.3, -0.25) is 9.89 Å². The van der Waals surface area contributed by atoms with E-state index in [4.69, 9.17) is 4.74 Å². The number of benzene rings is 1. The summed E-state index contributed by atoms with van der Waals surface area (Å²) in [5, 5.41) is 10.4. The number of carbonyl (C=O) groups excluding carboxylic acids is 1. The summed E-state index contributed by atoms with van der Waals surface area (Å²) < 4.78 is 19.2. The number of nitrogens with zero attached hydrogens (tertiary/aromatic N) is 2. The van der Waals surface area contributed by atoms with E-state index < -0.39 is 5.82 Å². The molecule has 3 N–H and O–H groups in total. The summed E-state index contributed by atoms with van der Waals surface area (Å²) in [5.41, 5.74) is 3.80. The third kappa shape index (κ3) is 3.20. The normalized spacial score (nSPS) is 11.0. The van der Waals surface area contributed by atoms with E-state index in [2.05, 4.69) is 25.5 Å². The number of halogens is 1. The van der Waals surface area contributed by atoms with Crippen molar-refractivity contribution in [2.24, 2.45) is 0 Å². The number of pyridine rings is 1. The smallest absolute Gasteiger partial charge is 0.268 e. The Bertz CT molecular complexity index is 1160. The second-order valence-electron chi connectivity index (χ2n) is 6.33. The first-order valence-corrected chi connectivity index (χ1v) is 8.66. The molecule has 8 heteroatoms. The van der Waals surface area contributed by atoms with Gasteiger partial charge >= 0.3 is 0 Å². The van der Waals surface area contributed by atoms with Crippen molar-refractivity contribution in [1.82, 2.24) is 25.5 Å². The topological polar surface area (TPSA) is 95.7 Å². The number of ether oxygens (including phenoxy) is 1. The fourth-order valence-corrected chi connectivity index (χ4v) is 3.05. The van der Waals surface area contributed by atoms with Crippen molar-refractivity contribution in [3.05, 3.63) is 65.4 Å². The van der Waals surface area contributed by atoms with Gasteiger partial charge in [-0.2, -0.15) is 5.10 Å². The van der Waals surface area contributed by atoms with Gasteiger partial charge in [0.2, 0.25) is 0 Å². The van der Waals surface area contributed by atoms with E-state index in [9.17, 15) is 9.18 Å². The summed E-state index contributed by atoms with van der Waals surface area (Å²) in [6.45, 7) is 1.93. The summed E-state index contributed by atoms with van der Waals surface area (Å²) in [6.07, 6.45) is 1.71. The molecule has 0 aliphatic rings. The van der Waals surface area contributed by atoms with Crippen LogP contribution in [-0.4, -0.2) is 33.2 Å². The quantitative estimate of drug-likeness (QED) is 0.496. The maximum atomic E-state index is 14.0. The Kier molecular flexibility index (Phi) is 4.52. The number of fused-ring (bicyclic) bond motifs is 1. The zero-order valence-electron chi connectivity index (χ0n) is 15.3. The van der Waals surface area contributed by atoms with E-state index in [1.54, 1.807) is 24.4 Å². The fraction of sp³-hybridized carbons (Fsp3) is 0.150. The molecule has 1 amide bonds. The average molecular weight is 379 g/mol. The van der Waals surface area contributed by atoms with E-state index in [0.717, 1.165) is 22.3 Å². The Labute approximate surface area is 160 Å². The van der Waals surface area contributed by atoms with Crippen LogP contribution in [0.15, 0.2) is 42.6 Å². The third-order valence-corrected chi connectivity index (χ3v) is 4.55. The molecule has 3 heterocycles. The van der Waals surface area contributed by atoms with Gasteiger partial charge in [0.1, 0.15) is 22.9 Å². The summed E-state index contributed by atoms with van der Waals surface area (Å²) in [5.74, 6) is -0.402. The zero-order valence-corrected chi connectivity index (χ0v) is 15.3. The fourth-order valence-electron chi connectivity index (χ4n) is 3.05. The van der Waals surface area contributed by atoms with Gasteiger partial charge in [-0.1, -0.05) is 6.07 Å². The minimum atomic E-state index is -0.432. The van der Waals surface area contributed by atoms with Crippen molar-refractivity contribution in [3.8, 4) is 17.0 Å². The van der Waals surface area contributed by atoms with Crippen LogP contribution in [0, 0.1) is 12.7 Å². The van der Waals surface area contributed by atoms with E-state index in [0.29, 0.717) is 22.7 Å². The molecule has 1 aromatic carbocycles. The molecule has 0 aliphatic carbocycles. The lowest BCUT2D eigenvalue weighted by molar-refractivity contribution is 0.0946. The molecule has 0 atom stereocenters. The molecule has 3 aromatic heterocycles. The molecule has 28 heavy (non-hydrogen) atoms. The summed E-state index contributed by atoms with van der Waals surface area (Å²) >= 11 is 0. The third-order valence-electron chi connectivity index (χ3n) is 4.55. The Balaban J connectivity index is 1.56. The van der Waals surface area contributed by atoms with E-state index in [1.807, 2.05) is 19.1 Å². The Morgan fingerprint density at radius 3 is 2.89 bits per heavy atom. The molecular formula is C20H18FN5O2. The first-order chi connectivity index (χ1) is 13.6. The number of aromatic nitrogens is 4. The van der Waals surface area contributed by atoms with E-state index in [1.165, 1.54) is 13.2 Å². The lowest BCUT2D eigenvalue weighted by Gasteiger charge is -2.10. The number of rotatable bonds is 5. The summed E-state index contributed by atoms with van der Waals surface area (Å²) in [6, 6.07) is 10.0. The van der Waals surface area contributed by atoms with Crippen molar-refractivity contribution >= 4 is 16.9 Å². The van der Waals surface area contributed by atoms with Crippen LogP contribution in [0.25, 0.3) is 22.3 Å². The number of H-pyrrole nitrogens is 2. The second-order valence-corrected chi connectivity index (χ2v) is 6.33. The first kappa shape index (κ1) is 17.7. The van der Waals surface area contributed by atoms with Gasteiger partial charge in [-0.05, 0) is 37.3 Å². The van der Waals surface area contributed by atoms with Gasteiger partial charge in [0.15, 0.2) is 0 Å². The second kappa shape index (κ2) is 7.15. The monoisotopic (exact) mass is 379 g/mol. The van der Waals surface area contributed by atoms with Crippen molar-refractivity contribution in [1.29, 1.82) is 0 Å². The van der Waals surface area contributed by atoms with Crippen LogP contribution in [0.5, 0.6) is 5.75 Å². The van der Waals surface area contributed by atoms with Crippen LogP contribution in [0.4, 0.5) is 4.39 Å². The number of hydrogen-bond donors (Lipinski definition) is 3. The molecule has 0 saturated carbocycles. The molecule has 0 spiro atoms. The number of carbonyl (C=O) groups is 1. The van der Waals surface area contributed by atoms with Gasteiger partial charge in [-0.25, -0.2) is 9.37 Å². The van der Waals surface area contributed by atoms with Gasteiger partial charge in [0, 0.05) is 28.8 Å². The molecule has 0 aliphatic heterocycles. The SMILES string of the molecule is COc1cccc(F)c1CNC(=O)c1cc2ccc(-c3cn[nH]c3C)nc2[nH]1. The molecular weight excluding hydrogens is 361 g/mol. The van der Waals surface area contributed by atoms with Crippen LogP contribution in [-0.2, 0) is 6.54 Å². The molecule has 0 radical (unpaired) electrons. The predicted molar refractivity (Wildman–Crippen MR) is 103 cm³/mol. The maximum Gasteiger partial charge on any atom is 0.268 e. The number of aryl methyl sites for hydroxylation is 1. The average Bonchev–Trinajstić information content (AvgIpc) is 3.31. The summed E-state index contributed by atoms with van der Waals surface area (Å²) in [4.78, 5) is 20.1. The molecule has 142 valence electrons. The van der Waals surface area contributed by atoms with Crippen LogP contribution in [0.2, 0.25) is 0 Å². The zero-order chi connectivity index (χ0) is 19.7. The van der Waals surface area contributed by atoms with E-state index in [-0.39, 0.29) is 12.5 Å². The van der Waals surface area contributed by atoms with Gasteiger partial charge in [0.25, 0.3) is 5.91 Å². The first-order valence-electron chi connectivity index (χ1n) is 8.66. The Hall–Kier alpha value is -3.68. The Morgan fingerprint density at radius 2 is 2.14 bits per heavy atom. The van der Waals surface area contributed by atoms with Crippen LogP contribution >= 0.6 is 0 Å². The molecule has 0 fully saturated rings. The van der Waals surface area contributed by atoms with Gasteiger partial charge in [0.05, 0.1) is 19.0 Å². The van der Waals surface area contributed by atoms with Crippen LogP contribution in [0.3, 0.4) is 0 Å². The van der Waals surface area contributed by atoms with Crippen molar-refractivity contribution in [3.63, 3.8) is 0 Å². The maximum absolute atomic E-state index is 14.0. The van der Waals surface area contributed by atoms with Crippen molar-refractivity contribution in [2.75, 3.05) is 7.11 Å². The minimum absolute atomic E-state index is 0.0109. The molecule has 4 rings (SSSR count). The highest BCUT2D eigenvalue weighted by Crippen LogP contribution is 2.23. The highest BCUT2D eigenvalue weighted by atomic mass is 19.1. The molecule has 4 aromatic rings. The van der Waals surface area contributed by atoms with Crippen molar-refractivity contribution in [2.45, 2.75) is 13.5 Å². The standard InChI is InChI=1S/C20H18FN5O2/c1-11-13(10-23-26-11)16-7-6-12-8-17(25-19(12)24-16)20(27)22-9-14-15(21)4-3-5-18(14)28-2/h3-8,10H,9H2,1-2H3,(H,22,27)(H,23,26)(H,24,25). The highest BCUT2D eigenvalue weighted by molar-refractivity contribution is 5.97. The number of methoxy groups -OCH3 is 1. The highest BCUT2D eigenvalue weighted by Gasteiger charge is 2.14. The number of aromatic amines is 2. The van der Waals surface area contributed by atoms with Gasteiger partial charge < -0.3 is 15.0 Å². The van der Waals surface area contributed by atoms with Gasteiger partial charge in [-0.15, -0.1) is 0 Å². The molecule has 0 bridgehead atoms. The van der Waals surface area contributed by atoms with E-state index >= 15 is 0 Å². The van der Waals surface area contributed by atoms with Crippen LogP contribution in [0.1, 0.15) is 21.7 Å². The number of amides is 1. The largest absolute Gasteiger partial charge is 0.496 e. The molecule has 0 saturated heterocycles. The Morgan fingerprint density at radius 1 is 1.29 bits per heavy atom. The predicted octanol–water partition coefficient (Wildman–Crippen LogP) is 3.34. The lowest BCUT2D eigenvalue weighted by Crippen LogP contribution is -2.24. The minimum Gasteiger partial charge on any atom is -0.496 e. The molecule has 0 unspecified atom stereocenters. The van der Waals surface area contributed by atoms with Crippen LogP contribution < -0.4 is 10.1 Å². The molecule has 7 nitrogen and oxygen atoms in total. The van der Waals surface area contributed by atoms with Crippen molar-refractivity contribution < 1.29 is 13.9 Å². The summed E-state index contributed by atoms with van der Waals surface area (Å²) in [7, 11) is 1.46. The number of hydrogen-bond acceptors (Lipinski definition) is 4. The lowest BCUT2D eigenvalue weighted by atomic mass is 10.1.